The molecule has 0 aliphatic rings. The summed E-state index contributed by atoms with van der Waals surface area (Å²) in [6.45, 7) is 1.40. The van der Waals surface area contributed by atoms with Crippen molar-refractivity contribution in [3.05, 3.63) is 21.8 Å². The maximum Gasteiger partial charge on any atom is 0.264 e. The molecule has 5 N–H and O–H groups in total. The van der Waals surface area contributed by atoms with Gasteiger partial charge in [0.05, 0.1) is 10.9 Å². The second-order valence-corrected chi connectivity index (χ2v) is 6.29. The molecule has 0 heterocycles. The van der Waals surface area contributed by atoms with E-state index in [1.807, 2.05) is 27.3 Å². The molecule has 1 atom stereocenters. The first kappa shape index (κ1) is 14.2. The Labute approximate surface area is 113 Å². The molecule has 0 radical (unpaired) electrons. The largest absolute Gasteiger partial charge is 0.398 e. The summed E-state index contributed by atoms with van der Waals surface area (Å²) in [4.78, 5) is 11.2. The van der Waals surface area contributed by atoms with E-state index in [1.165, 1.54) is 25.1 Å². The average molecular weight is 369 g/mol. The van der Waals surface area contributed by atoms with Crippen molar-refractivity contribution < 1.29 is 13.2 Å². The highest BCUT2D eigenvalue weighted by Gasteiger charge is 2.20. The molecule has 0 bridgehead atoms. The number of halogens is 1. The van der Waals surface area contributed by atoms with Crippen molar-refractivity contribution in [3.63, 3.8) is 0 Å². The van der Waals surface area contributed by atoms with Crippen LogP contribution < -0.4 is 16.2 Å². The van der Waals surface area contributed by atoms with Crippen LogP contribution in [0, 0.1) is 3.57 Å². The second-order valence-electron chi connectivity index (χ2n) is 3.44. The van der Waals surface area contributed by atoms with Gasteiger partial charge in [-0.15, -0.1) is 0 Å². The third-order valence-corrected chi connectivity index (χ3v) is 4.21. The lowest BCUT2D eigenvalue weighted by Crippen LogP contribution is -2.41. The fraction of sp³-hybridized carbons (Fsp3) is 0.222. The molecule has 0 aliphatic carbocycles. The van der Waals surface area contributed by atoms with E-state index in [-0.39, 0.29) is 4.90 Å². The van der Waals surface area contributed by atoms with E-state index in [0.717, 1.165) is 0 Å². The van der Waals surface area contributed by atoms with Crippen LogP contribution in [-0.4, -0.2) is 20.4 Å². The molecule has 1 rings (SSSR count). The summed E-state index contributed by atoms with van der Waals surface area (Å²) < 4.78 is 26.0. The molecule has 8 heteroatoms. The second kappa shape index (κ2) is 5.19. The number of carbonyl (C=O) groups excluding carboxylic acids is 1. The summed E-state index contributed by atoms with van der Waals surface area (Å²) in [5.41, 5.74) is 11.3. The fourth-order valence-corrected chi connectivity index (χ4v) is 2.77. The number of hydrogen-bond acceptors (Lipinski definition) is 5. The van der Waals surface area contributed by atoms with E-state index in [2.05, 4.69) is 0 Å². The molecule has 1 aromatic carbocycles. The minimum Gasteiger partial charge on any atom is -0.398 e. The quantitative estimate of drug-likeness (QED) is 0.514. The molecule has 94 valence electrons. The Bertz CT molecular complexity index is 542. The molecule has 0 saturated heterocycles. The van der Waals surface area contributed by atoms with Gasteiger partial charge in [0, 0.05) is 9.26 Å². The van der Waals surface area contributed by atoms with Crippen molar-refractivity contribution in [3.8, 4) is 0 Å². The van der Waals surface area contributed by atoms with Crippen LogP contribution in [0.15, 0.2) is 23.1 Å². The van der Waals surface area contributed by atoms with Gasteiger partial charge in [-0.05, 0) is 47.7 Å². The van der Waals surface area contributed by atoms with E-state index in [1.54, 1.807) is 0 Å². The first-order chi connectivity index (χ1) is 7.74. The highest BCUT2D eigenvalue weighted by Crippen LogP contribution is 2.19. The lowest BCUT2D eigenvalue weighted by Gasteiger charge is -2.09. The Balaban J connectivity index is 3.06. The number of amides is 1. The average Bonchev–Trinajstić information content (AvgIpc) is 2.21. The van der Waals surface area contributed by atoms with E-state index >= 15 is 0 Å². The Hall–Kier alpha value is -0.870. The van der Waals surface area contributed by atoms with Crippen LogP contribution in [0.1, 0.15) is 6.92 Å². The van der Waals surface area contributed by atoms with Gasteiger partial charge in [0.15, 0.2) is 0 Å². The van der Waals surface area contributed by atoms with Crippen LogP contribution in [-0.2, 0) is 14.8 Å². The first-order valence-corrected chi connectivity index (χ1v) is 7.17. The zero-order chi connectivity index (χ0) is 13.2. The summed E-state index contributed by atoms with van der Waals surface area (Å²) in [6, 6.07) is 3.28. The predicted molar refractivity (Wildman–Crippen MR) is 72.5 cm³/mol. The Morgan fingerprint density at radius 2 is 2.06 bits per heavy atom. The van der Waals surface area contributed by atoms with Gasteiger partial charge in [-0.2, -0.15) is 0 Å². The highest BCUT2D eigenvalue weighted by atomic mass is 127. The maximum absolute atomic E-state index is 11.8. The minimum absolute atomic E-state index is 0.0231. The molecule has 17 heavy (non-hydrogen) atoms. The number of benzene rings is 1. The Kier molecular flexibility index (Phi) is 4.33. The molecule has 0 spiro atoms. The van der Waals surface area contributed by atoms with Crippen molar-refractivity contribution in [2.75, 3.05) is 5.73 Å². The number of sulfonamides is 1. The van der Waals surface area contributed by atoms with Crippen molar-refractivity contribution >= 4 is 44.2 Å². The standard InChI is InChI=1S/C9H12IN3O3S/c1-5(11)9(14)13-17(15,16)6-2-3-8(12)7(10)4-6/h2-5H,11-12H2,1H3,(H,13,14)/t5-/m0/s1. The number of nitrogens with two attached hydrogens (primary N) is 2. The van der Waals surface area contributed by atoms with Crippen molar-refractivity contribution in [1.82, 2.24) is 4.72 Å². The monoisotopic (exact) mass is 369 g/mol. The molecule has 0 fully saturated rings. The minimum atomic E-state index is -3.88. The normalized spacial score (nSPS) is 13.1. The third kappa shape index (κ3) is 3.54. The summed E-state index contributed by atoms with van der Waals surface area (Å²) >= 11 is 1.91. The molecule has 0 aromatic heterocycles. The van der Waals surface area contributed by atoms with Crippen molar-refractivity contribution in [2.45, 2.75) is 17.9 Å². The smallest absolute Gasteiger partial charge is 0.264 e. The summed E-state index contributed by atoms with van der Waals surface area (Å²) in [5, 5.41) is 0. The van der Waals surface area contributed by atoms with Crippen LogP contribution in [0.5, 0.6) is 0 Å². The predicted octanol–water partition coefficient (Wildman–Crippen LogP) is 0.0255. The molecular formula is C9H12IN3O3S. The van der Waals surface area contributed by atoms with Gasteiger partial charge in [0.1, 0.15) is 0 Å². The third-order valence-electron chi connectivity index (χ3n) is 1.93. The lowest BCUT2D eigenvalue weighted by molar-refractivity contribution is -0.120. The van der Waals surface area contributed by atoms with E-state index in [0.29, 0.717) is 9.26 Å². The molecule has 0 saturated carbocycles. The van der Waals surface area contributed by atoms with Crippen molar-refractivity contribution in [2.24, 2.45) is 5.73 Å². The number of rotatable bonds is 3. The van der Waals surface area contributed by atoms with Gasteiger partial charge >= 0.3 is 0 Å². The Morgan fingerprint density at radius 1 is 1.47 bits per heavy atom. The van der Waals surface area contributed by atoms with Crippen LogP contribution >= 0.6 is 22.6 Å². The lowest BCUT2D eigenvalue weighted by atomic mass is 10.3. The number of nitrogen functional groups attached to an aromatic ring is 1. The topological polar surface area (TPSA) is 115 Å². The van der Waals surface area contributed by atoms with Gasteiger partial charge < -0.3 is 11.5 Å². The highest BCUT2D eigenvalue weighted by molar-refractivity contribution is 14.1. The van der Waals surface area contributed by atoms with Gasteiger partial charge in [0.2, 0.25) is 5.91 Å². The molecular weight excluding hydrogens is 357 g/mol. The Morgan fingerprint density at radius 3 is 2.53 bits per heavy atom. The van der Waals surface area contributed by atoms with Crippen LogP contribution in [0.3, 0.4) is 0 Å². The maximum atomic E-state index is 11.8. The van der Waals surface area contributed by atoms with Gasteiger partial charge in [-0.3, -0.25) is 4.79 Å². The number of nitrogens with one attached hydrogen (secondary N) is 1. The molecule has 0 unspecified atom stereocenters. The first-order valence-electron chi connectivity index (χ1n) is 4.61. The van der Waals surface area contributed by atoms with E-state index in [4.69, 9.17) is 11.5 Å². The number of hydrogen-bond donors (Lipinski definition) is 3. The van der Waals surface area contributed by atoms with Crippen molar-refractivity contribution in [1.29, 1.82) is 0 Å². The van der Waals surface area contributed by atoms with E-state index < -0.39 is 22.0 Å². The zero-order valence-corrected chi connectivity index (χ0v) is 11.9. The fourth-order valence-electron chi connectivity index (χ4n) is 0.959. The summed E-state index contributed by atoms with van der Waals surface area (Å²) in [7, 11) is -3.88. The summed E-state index contributed by atoms with van der Waals surface area (Å²) in [6.07, 6.45) is 0. The van der Waals surface area contributed by atoms with Crippen LogP contribution in [0.25, 0.3) is 0 Å². The van der Waals surface area contributed by atoms with Crippen LogP contribution in [0.2, 0.25) is 0 Å². The molecule has 6 nitrogen and oxygen atoms in total. The SMILES string of the molecule is C[C@H](N)C(=O)NS(=O)(=O)c1ccc(N)c(I)c1. The van der Waals surface area contributed by atoms with Gasteiger partial charge in [-0.1, -0.05) is 0 Å². The van der Waals surface area contributed by atoms with E-state index in [9.17, 15) is 13.2 Å². The molecule has 1 aromatic rings. The van der Waals surface area contributed by atoms with Gasteiger partial charge in [0.25, 0.3) is 10.0 Å². The zero-order valence-electron chi connectivity index (χ0n) is 8.98. The molecule has 1 amide bonds. The summed E-state index contributed by atoms with van der Waals surface area (Å²) in [5.74, 6) is -0.753. The number of anilines is 1. The number of carbonyl (C=O) groups is 1. The van der Waals surface area contributed by atoms with Crippen LogP contribution in [0.4, 0.5) is 5.69 Å². The van der Waals surface area contributed by atoms with Gasteiger partial charge in [-0.25, -0.2) is 13.1 Å². The molecule has 0 aliphatic heterocycles.